The van der Waals surface area contributed by atoms with E-state index in [-0.39, 0.29) is 18.2 Å². The number of fused-ring (bicyclic) bond motifs is 2. The van der Waals surface area contributed by atoms with Crippen LogP contribution in [0.2, 0.25) is 0 Å². The van der Waals surface area contributed by atoms with E-state index >= 15 is 0 Å². The molecule has 166 valence electrons. The molecule has 5 aromatic rings. The summed E-state index contributed by atoms with van der Waals surface area (Å²) in [5, 5.41) is 22.0. The van der Waals surface area contributed by atoms with Gasteiger partial charge in [-0.25, -0.2) is 4.39 Å². The maximum absolute atomic E-state index is 13.7. The lowest BCUT2D eigenvalue weighted by atomic mass is 9.93. The molecule has 6 rings (SSSR count). The standard InChI is InChI=1S/C26H20FN3O2.ClH/c27-21-8-6-18(7-9-21)24-22-12-19-14-28-29-23(19)13-20(22)15-30(31)25(24)26(10-11-26)32-16-17-4-2-1-3-5-17;/h1-9,12-15,31H,10-11,16H2;1H. The van der Waals surface area contributed by atoms with E-state index in [1.807, 2.05) is 42.5 Å². The van der Waals surface area contributed by atoms with Crippen LogP contribution in [0.15, 0.2) is 79.1 Å². The highest BCUT2D eigenvalue weighted by atomic mass is 35.5. The molecular formula is C26H21ClFN3O2. The monoisotopic (exact) mass is 461 g/mol. The molecule has 0 aliphatic heterocycles. The maximum atomic E-state index is 13.7. The van der Waals surface area contributed by atoms with Crippen LogP contribution in [0.25, 0.3) is 32.8 Å². The molecule has 0 unspecified atom stereocenters. The smallest absolute Gasteiger partial charge is 0.123 e. The van der Waals surface area contributed by atoms with Crippen molar-refractivity contribution in [3.8, 4) is 11.1 Å². The molecule has 0 bridgehead atoms. The molecule has 1 fully saturated rings. The van der Waals surface area contributed by atoms with Crippen LogP contribution in [-0.2, 0) is 16.9 Å². The Morgan fingerprint density at radius 3 is 2.48 bits per heavy atom. The van der Waals surface area contributed by atoms with Gasteiger partial charge in [0, 0.05) is 16.3 Å². The average Bonchev–Trinajstić information content (AvgIpc) is 3.45. The van der Waals surface area contributed by atoms with Crippen molar-refractivity contribution < 1.29 is 14.3 Å². The van der Waals surface area contributed by atoms with Crippen molar-refractivity contribution in [3.05, 3.63) is 96.2 Å². The number of hydrogen-bond donors (Lipinski definition) is 1. The first kappa shape index (κ1) is 21.4. The van der Waals surface area contributed by atoms with E-state index in [0.717, 1.165) is 51.2 Å². The van der Waals surface area contributed by atoms with Crippen molar-refractivity contribution in [2.45, 2.75) is 25.0 Å². The van der Waals surface area contributed by atoms with E-state index in [1.54, 1.807) is 24.5 Å². The minimum Gasteiger partial charge on any atom is -0.429 e. The zero-order valence-electron chi connectivity index (χ0n) is 17.6. The van der Waals surface area contributed by atoms with Crippen LogP contribution in [0, 0.1) is 5.82 Å². The van der Waals surface area contributed by atoms with Gasteiger partial charge in [-0.1, -0.05) is 42.5 Å². The Kier molecular flexibility index (Phi) is 5.27. The van der Waals surface area contributed by atoms with Gasteiger partial charge in [0.25, 0.3) is 0 Å². The summed E-state index contributed by atoms with van der Waals surface area (Å²) in [7, 11) is 0. The van der Waals surface area contributed by atoms with Crippen LogP contribution in [0.4, 0.5) is 4.39 Å². The van der Waals surface area contributed by atoms with Crippen LogP contribution >= 0.6 is 12.4 Å². The fourth-order valence-corrected chi connectivity index (χ4v) is 4.43. The summed E-state index contributed by atoms with van der Waals surface area (Å²) < 4.78 is 21.3. The molecule has 7 heteroatoms. The predicted molar refractivity (Wildman–Crippen MR) is 127 cm³/mol. The topological polar surface area (TPSA) is 60.2 Å². The second-order valence-electron chi connectivity index (χ2n) is 8.32. The van der Waals surface area contributed by atoms with Gasteiger partial charge >= 0.3 is 0 Å². The number of pyridine rings is 1. The van der Waals surface area contributed by atoms with E-state index in [1.165, 1.54) is 16.9 Å². The molecule has 2 heterocycles. The van der Waals surface area contributed by atoms with Gasteiger partial charge in [0.1, 0.15) is 11.4 Å². The van der Waals surface area contributed by atoms with Gasteiger partial charge in [0.15, 0.2) is 0 Å². The minimum absolute atomic E-state index is 0. The third-order valence-electron chi connectivity index (χ3n) is 6.18. The first-order chi connectivity index (χ1) is 15.6. The number of halogens is 2. The summed E-state index contributed by atoms with van der Waals surface area (Å²) in [4.78, 5) is 0. The number of hydrogen-bond acceptors (Lipinski definition) is 4. The SMILES string of the molecule is Cl.On1cc2cc3nncc3cc2c(-c2ccc(F)cc2)c1C1(OCc2ccccc2)CC1. The van der Waals surface area contributed by atoms with Crippen molar-refractivity contribution in [1.82, 2.24) is 14.9 Å². The van der Waals surface area contributed by atoms with Crippen molar-refractivity contribution >= 4 is 34.1 Å². The Hall–Kier alpha value is -3.48. The Labute approximate surface area is 195 Å². The van der Waals surface area contributed by atoms with Crippen molar-refractivity contribution in [1.29, 1.82) is 0 Å². The number of rotatable bonds is 5. The third kappa shape index (κ3) is 3.71. The number of nitrogens with zero attached hydrogens (tertiary/aromatic N) is 3. The summed E-state index contributed by atoms with van der Waals surface area (Å²) in [5.41, 5.74) is 3.55. The summed E-state index contributed by atoms with van der Waals surface area (Å²) in [6.07, 6.45) is 5.00. The highest BCUT2D eigenvalue weighted by Gasteiger charge is 2.50. The quantitative estimate of drug-likeness (QED) is 0.314. The average molecular weight is 462 g/mol. The van der Waals surface area contributed by atoms with Gasteiger partial charge in [0.05, 0.1) is 30.2 Å². The highest BCUT2D eigenvalue weighted by molar-refractivity contribution is 6.04. The van der Waals surface area contributed by atoms with Crippen LogP contribution in [0.1, 0.15) is 24.1 Å². The number of benzene rings is 3. The summed E-state index contributed by atoms with van der Waals surface area (Å²) in [6, 6.07) is 20.3. The number of aromatic nitrogens is 3. The maximum Gasteiger partial charge on any atom is 0.123 e. The lowest BCUT2D eigenvalue weighted by Crippen LogP contribution is -2.20. The summed E-state index contributed by atoms with van der Waals surface area (Å²) in [5.74, 6) is -0.305. The molecule has 0 atom stereocenters. The van der Waals surface area contributed by atoms with Gasteiger partial charge in [-0.15, -0.1) is 12.4 Å². The third-order valence-corrected chi connectivity index (χ3v) is 6.18. The molecule has 1 saturated carbocycles. The van der Waals surface area contributed by atoms with E-state index in [0.29, 0.717) is 12.3 Å². The van der Waals surface area contributed by atoms with Crippen molar-refractivity contribution in [3.63, 3.8) is 0 Å². The normalized spacial score (nSPS) is 14.3. The molecule has 3 aromatic carbocycles. The van der Waals surface area contributed by atoms with Crippen LogP contribution in [-0.4, -0.2) is 20.1 Å². The Bertz CT molecular complexity index is 1450. The van der Waals surface area contributed by atoms with Gasteiger partial charge in [-0.05, 0) is 53.6 Å². The Morgan fingerprint density at radius 2 is 1.76 bits per heavy atom. The molecule has 1 N–H and O–H groups in total. The van der Waals surface area contributed by atoms with E-state index in [2.05, 4.69) is 10.2 Å². The van der Waals surface area contributed by atoms with Crippen LogP contribution in [0.5, 0.6) is 0 Å². The van der Waals surface area contributed by atoms with Gasteiger partial charge in [0.2, 0.25) is 0 Å². The second-order valence-corrected chi connectivity index (χ2v) is 8.32. The first-order valence-corrected chi connectivity index (χ1v) is 10.6. The van der Waals surface area contributed by atoms with E-state index < -0.39 is 5.60 Å². The van der Waals surface area contributed by atoms with Crippen LogP contribution in [0.3, 0.4) is 0 Å². The molecule has 2 aromatic heterocycles. The van der Waals surface area contributed by atoms with Gasteiger partial charge < -0.3 is 9.94 Å². The molecule has 0 radical (unpaired) electrons. The largest absolute Gasteiger partial charge is 0.429 e. The molecule has 1 aliphatic carbocycles. The molecule has 1 aliphatic rings. The van der Waals surface area contributed by atoms with Crippen molar-refractivity contribution in [2.24, 2.45) is 0 Å². The predicted octanol–water partition coefficient (Wildman–Crippen LogP) is 6.26. The van der Waals surface area contributed by atoms with E-state index in [9.17, 15) is 9.60 Å². The molecule has 0 amide bonds. The van der Waals surface area contributed by atoms with Gasteiger partial charge in [-0.3, -0.25) is 0 Å². The highest BCUT2D eigenvalue weighted by Crippen LogP contribution is 2.53. The summed E-state index contributed by atoms with van der Waals surface area (Å²) in [6.45, 7) is 0.442. The fourth-order valence-electron chi connectivity index (χ4n) is 4.43. The minimum atomic E-state index is -0.611. The lowest BCUT2D eigenvalue weighted by molar-refractivity contribution is -0.000583. The Balaban J connectivity index is 0.00000228. The van der Waals surface area contributed by atoms with Crippen molar-refractivity contribution in [2.75, 3.05) is 0 Å². The molecule has 0 saturated heterocycles. The Morgan fingerprint density at radius 1 is 1.00 bits per heavy atom. The summed E-state index contributed by atoms with van der Waals surface area (Å²) >= 11 is 0. The van der Waals surface area contributed by atoms with Crippen LogP contribution < -0.4 is 0 Å². The molecule has 33 heavy (non-hydrogen) atoms. The lowest BCUT2D eigenvalue weighted by Gasteiger charge is -2.24. The number of ether oxygens (including phenoxy) is 1. The first-order valence-electron chi connectivity index (χ1n) is 10.6. The molecule has 5 nitrogen and oxygen atoms in total. The molecule has 0 spiro atoms. The van der Waals surface area contributed by atoms with E-state index in [4.69, 9.17) is 4.74 Å². The van der Waals surface area contributed by atoms with Gasteiger partial charge in [-0.2, -0.15) is 14.9 Å². The molecular weight excluding hydrogens is 441 g/mol. The second kappa shape index (κ2) is 8.14. The zero-order valence-corrected chi connectivity index (χ0v) is 18.4. The zero-order chi connectivity index (χ0) is 21.7. The fraction of sp³-hybridized carbons (Fsp3) is 0.154.